The second-order valence-electron chi connectivity index (χ2n) is 3.03. The highest BCUT2D eigenvalue weighted by molar-refractivity contribution is 5.36. The summed E-state index contributed by atoms with van der Waals surface area (Å²) in [5.74, 6) is -0.434. The summed E-state index contributed by atoms with van der Waals surface area (Å²) in [5.41, 5.74) is 0.958. The second kappa shape index (κ2) is 2.54. The molecule has 0 fully saturated rings. The van der Waals surface area contributed by atoms with Gasteiger partial charge in [-0.1, -0.05) is 12.1 Å². The van der Waals surface area contributed by atoms with E-state index in [9.17, 15) is 14.6 Å². The largest absolute Gasteiger partial charge is 0.390 e. The second-order valence-corrected chi connectivity index (χ2v) is 3.03. The molecule has 0 spiro atoms. The molecule has 0 bridgehead atoms. The van der Waals surface area contributed by atoms with Gasteiger partial charge in [-0.3, -0.25) is 0 Å². The van der Waals surface area contributed by atoms with Crippen molar-refractivity contribution < 1.29 is 14.6 Å². The molecular formula is C9H9FO2. The van der Waals surface area contributed by atoms with Gasteiger partial charge in [0.15, 0.2) is 0 Å². The Bertz CT molecular complexity index is 311. The fourth-order valence-corrected chi connectivity index (χ4v) is 1.62. The van der Waals surface area contributed by atoms with Gasteiger partial charge in [0.2, 0.25) is 0 Å². The van der Waals surface area contributed by atoms with Crippen LogP contribution in [0.2, 0.25) is 0 Å². The van der Waals surface area contributed by atoms with E-state index in [0.717, 1.165) is 0 Å². The van der Waals surface area contributed by atoms with E-state index in [0.29, 0.717) is 12.0 Å². The van der Waals surface area contributed by atoms with Gasteiger partial charge in [-0.15, -0.1) is 0 Å². The Kier molecular flexibility index (Phi) is 1.63. The molecule has 0 unspecified atom stereocenters. The summed E-state index contributed by atoms with van der Waals surface area (Å²) in [6, 6.07) is 4.59. The van der Waals surface area contributed by atoms with Crippen molar-refractivity contribution in [3.63, 3.8) is 0 Å². The third-order valence-electron chi connectivity index (χ3n) is 2.23. The van der Waals surface area contributed by atoms with E-state index in [2.05, 4.69) is 0 Å². The van der Waals surface area contributed by atoms with Gasteiger partial charge < -0.3 is 10.2 Å². The van der Waals surface area contributed by atoms with Crippen LogP contribution in [0.3, 0.4) is 0 Å². The zero-order chi connectivity index (χ0) is 8.72. The minimum Gasteiger partial charge on any atom is -0.390 e. The number of rotatable bonds is 0. The molecule has 12 heavy (non-hydrogen) atoms. The molecule has 2 N–H and O–H groups in total. The molecule has 0 aromatic heterocycles. The van der Waals surface area contributed by atoms with Crippen molar-refractivity contribution in [1.82, 2.24) is 0 Å². The van der Waals surface area contributed by atoms with E-state index in [-0.39, 0.29) is 5.56 Å². The molecule has 2 nitrogen and oxygen atoms in total. The first kappa shape index (κ1) is 7.71. The van der Waals surface area contributed by atoms with Crippen LogP contribution in [0.4, 0.5) is 4.39 Å². The topological polar surface area (TPSA) is 40.5 Å². The molecule has 1 aliphatic rings. The van der Waals surface area contributed by atoms with Crippen molar-refractivity contribution in [2.75, 3.05) is 0 Å². The predicted molar refractivity (Wildman–Crippen MR) is 41.1 cm³/mol. The smallest absolute Gasteiger partial charge is 0.129 e. The molecule has 64 valence electrons. The first-order chi connectivity index (χ1) is 5.70. The summed E-state index contributed by atoms with van der Waals surface area (Å²) in [7, 11) is 0. The van der Waals surface area contributed by atoms with Gasteiger partial charge in [0.25, 0.3) is 0 Å². The molecule has 0 saturated heterocycles. The van der Waals surface area contributed by atoms with Crippen molar-refractivity contribution in [2.45, 2.75) is 18.6 Å². The molecule has 0 amide bonds. The maximum absolute atomic E-state index is 13.0. The van der Waals surface area contributed by atoms with Crippen LogP contribution in [-0.2, 0) is 6.42 Å². The summed E-state index contributed by atoms with van der Waals surface area (Å²) in [4.78, 5) is 0. The third kappa shape index (κ3) is 0.940. The van der Waals surface area contributed by atoms with Crippen LogP contribution < -0.4 is 0 Å². The van der Waals surface area contributed by atoms with Gasteiger partial charge in [-0.25, -0.2) is 4.39 Å². The Labute approximate surface area is 69.3 Å². The maximum Gasteiger partial charge on any atom is 0.129 e. The lowest BCUT2D eigenvalue weighted by Crippen LogP contribution is -2.12. The number of hydrogen-bond acceptors (Lipinski definition) is 2. The van der Waals surface area contributed by atoms with Crippen LogP contribution >= 0.6 is 0 Å². The van der Waals surface area contributed by atoms with Gasteiger partial charge >= 0.3 is 0 Å². The van der Waals surface area contributed by atoms with E-state index in [1.54, 1.807) is 12.1 Å². The molecule has 0 saturated carbocycles. The maximum atomic E-state index is 13.0. The summed E-state index contributed by atoms with van der Waals surface area (Å²) >= 11 is 0. The fourth-order valence-electron chi connectivity index (χ4n) is 1.62. The molecular weight excluding hydrogens is 159 g/mol. The highest BCUT2D eigenvalue weighted by Crippen LogP contribution is 2.32. The minimum absolute atomic E-state index is 0.255. The Balaban J connectivity index is 2.55. The standard InChI is InChI=1S/C9H9FO2/c10-6-3-1-2-5-4-7(11)9(12)8(5)6/h1-3,7,9,11-12H,4H2/t7-,9-/m0/s1. The Morgan fingerprint density at radius 3 is 2.75 bits per heavy atom. The van der Waals surface area contributed by atoms with Crippen LogP contribution in [0.15, 0.2) is 18.2 Å². The average Bonchev–Trinajstić information content (AvgIpc) is 2.29. The SMILES string of the molecule is O[C@@H]1c2c(F)cccc2C[C@@H]1O. The summed E-state index contributed by atoms with van der Waals surface area (Å²) in [6.07, 6.45) is -1.56. The van der Waals surface area contributed by atoms with Crippen LogP contribution in [0, 0.1) is 5.82 Å². The van der Waals surface area contributed by atoms with E-state index >= 15 is 0 Å². The first-order valence-corrected chi connectivity index (χ1v) is 3.83. The van der Waals surface area contributed by atoms with E-state index < -0.39 is 18.0 Å². The lowest BCUT2D eigenvalue weighted by Gasteiger charge is -2.07. The summed E-state index contributed by atoms with van der Waals surface area (Å²) in [5, 5.41) is 18.6. The highest BCUT2D eigenvalue weighted by Gasteiger charge is 2.31. The monoisotopic (exact) mass is 168 g/mol. The minimum atomic E-state index is -1.05. The molecule has 3 heteroatoms. The molecule has 2 rings (SSSR count). The molecule has 0 radical (unpaired) electrons. The highest BCUT2D eigenvalue weighted by atomic mass is 19.1. The zero-order valence-electron chi connectivity index (χ0n) is 6.37. The van der Waals surface area contributed by atoms with Gasteiger partial charge in [0, 0.05) is 12.0 Å². The average molecular weight is 168 g/mol. The Morgan fingerprint density at radius 2 is 2.08 bits per heavy atom. The quantitative estimate of drug-likeness (QED) is 0.601. The lowest BCUT2D eigenvalue weighted by atomic mass is 10.1. The van der Waals surface area contributed by atoms with Gasteiger partial charge in [-0.2, -0.15) is 0 Å². The van der Waals surface area contributed by atoms with Crippen LogP contribution in [0.5, 0.6) is 0 Å². The van der Waals surface area contributed by atoms with E-state index in [4.69, 9.17) is 0 Å². The molecule has 1 aromatic rings. The fraction of sp³-hybridized carbons (Fsp3) is 0.333. The number of benzene rings is 1. The summed E-state index contributed by atoms with van der Waals surface area (Å²) in [6.45, 7) is 0. The van der Waals surface area contributed by atoms with Crippen LogP contribution in [0.1, 0.15) is 17.2 Å². The molecule has 1 aliphatic carbocycles. The van der Waals surface area contributed by atoms with Gasteiger partial charge in [-0.05, 0) is 11.6 Å². The number of fused-ring (bicyclic) bond motifs is 1. The van der Waals surface area contributed by atoms with E-state index in [1.807, 2.05) is 0 Å². The van der Waals surface area contributed by atoms with Crippen molar-refractivity contribution >= 4 is 0 Å². The number of aliphatic hydroxyl groups is 2. The van der Waals surface area contributed by atoms with Crippen LogP contribution in [0.25, 0.3) is 0 Å². The van der Waals surface area contributed by atoms with Crippen molar-refractivity contribution in [3.8, 4) is 0 Å². The zero-order valence-corrected chi connectivity index (χ0v) is 6.37. The molecule has 0 heterocycles. The third-order valence-corrected chi connectivity index (χ3v) is 2.23. The lowest BCUT2D eigenvalue weighted by molar-refractivity contribution is 0.0309. The van der Waals surface area contributed by atoms with Crippen molar-refractivity contribution in [1.29, 1.82) is 0 Å². The van der Waals surface area contributed by atoms with Crippen molar-refractivity contribution in [3.05, 3.63) is 35.1 Å². The predicted octanol–water partition coefficient (Wildman–Crippen LogP) is 0.776. The molecule has 1 aromatic carbocycles. The number of halogens is 1. The van der Waals surface area contributed by atoms with Crippen LogP contribution in [-0.4, -0.2) is 16.3 Å². The Morgan fingerprint density at radius 1 is 1.33 bits per heavy atom. The van der Waals surface area contributed by atoms with Gasteiger partial charge in [0.1, 0.15) is 11.9 Å². The number of hydrogen-bond donors (Lipinski definition) is 2. The normalized spacial score (nSPS) is 27.2. The van der Waals surface area contributed by atoms with E-state index in [1.165, 1.54) is 6.07 Å². The molecule has 2 atom stereocenters. The Hall–Kier alpha value is -0.930. The van der Waals surface area contributed by atoms with Gasteiger partial charge in [0.05, 0.1) is 6.10 Å². The molecule has 0 aliphatic heterocycles. The summed E-state index contributed by atoms with van der Waals surface area (Å²) < 4.78 is 13.0. The first-order valence-electron chi connectivity index (χ1n) is 3.83. The number of aliphatic hydroxyl groups excluding tert-OH is 2. The van der Waals surface area contributed by atoms with Crippen molar-refractivity contribution in [2.24, 2.45) is 0 Å².